The van der Waals surface area contributed by atoms with E-state index < -0.39 is 5.41 Å². The van der Waals surface area contributed by atoms with Gasteiger partial charge >= 0.3 is 5.97 Å². The van der Waals surface area contributed by atoms with E-state index in [9.17, 15) is 14.4 Å². The topological polar surface area (TPSA) is 112 Å². The van der Waals surface area contributed by atoms with Gasteiger partial charge in [-0.3, -0.25) is 14.4 Å². The van der Waals surface area contributed by atoms with E-state index >= 15 is 0 Å². The molecule has 1 heterocycles. The van der Waals surface area contributed by atoms with Crippen molar-refractivity contribution in [3.8, 4) is 0 Å². The van der Waals surface area contributed by atoms with E-state index in [2.05, 4.69) is 78.3 Å². The van der Waals surface area contributed by atoms with Gasteiger partial charge in [0, 0.05) is 15.5 Å². The summed E-state index contributed by atoms with van der Waals surface area (Å²) in [5.74, 6) is -0.0305. The maximum Gasteiger partial charge on any atom is 0.311 e. The van der Waals surface area contributed by atoms with Gasteiger partial charge in [0.15, 0.2) is 12.4 Å². The fraction of sp³-hybridized carbons (Fsp3) is 0.548. The van der Waals surface area contributed by atoms with E-state index in [4.69, 9.17) is 9.47 Å². The molecule has 1 amide bonds. The van der Waals surface area contributed by atoms with Crippen molar-refractivity contribution in [1.82, 2.24) is 20.3 Å². The zero-order valence-corrected chi connectivity index (χ0v) is 33.1. The summed E-state index contributed by atoms with van der Waals surface area (Å²) < 4.78 is 14.0. The molecular formula is C42H51BrN4O5. The molecule has 9 nitrogen and oxygen atoms in total. The summed E-state index contributed by atoms with van der Waals surface area (Å²) in [6.45, 7) is 14.2. The van der Waals surface area contributed by atoms with E-state index in [1.165, 1.54) is 12.7 Å². The Balaban J connectivity index is 1.06. The van der Waals surface area contributed by atoms with Gasteiger partial charge in [0.2, 0.25) is 5.78 Å². The molecule has 3 saturated carbocycles. The average molecular weight is 772 g/mol. The molecule has 3 fully saturated rings. The Kier molecular flexibility index (Phi) is 9.11. The number of carbonyl (C=O) groups is 3. The monoisotopic (exact) mass is 770 g/mol. The molecule has 0 spiro atoms. The highest BCUT2D eigenvalue weighted by Crippen LogP contribution is 2.75. The molecule has 52 heavy (non-hydrogen) atoms. The van der Waals surface area contributed by atoms with E-state index in [1.54, 1.807) is 17.0 Å². The van der Waals surface area contributed by atoms with E-state index in [0.29, 0.717) is 18.2 Å². The Morgan fingerprint density at radius 1 is 1.00 bits per heavy atom. The summed E-state index contributed by atoms with van der Waals surface area (Å²) in [6, 6.07) is 7.99. The summed E-state index contributed by atoms with van der Waals surface area (Å²) in [4.78, 5) is 39.6. The summed E-state index contributed by atoms with van der Waals surface area (Å²) in [5, 5.41) is 11.2. The number of ketones is 1. The van der Waals surface area contributed by atoms with Gasteiger partial charge in [-0.25, -0.2) is 4.68 Å². The molecule has 0 radical (unpaired) electrons. The lowest BCUT2D eigenvalue weighted by molar-refractivity contribution is -0.180. The van der Waals surface area contributed by atoms with Crippen LogP contribution in [0.1, 0.15) is 97.7 Å². The van der Waals surface area contributed by atoms with Gasteiger partial charge in [0.25, 0.3) is 5.91 Å². The molecule has 6 atom stereocenters. The fourth-order valence-electron chi connectivity index (χ4n) is 10.7. The molecule has 0 unspecified atom stereocenters. The van der Waals surface area contributed by atoms with Gasteiger partial charge in [-0.2, -0.15) is 0 Å². The molecule has 1 aromatic heterocycles. The first-order valence-electron chi connectivity index (χ1n) is 18.6. The van der Waals surface area contributed by atoms with Gasteiger partial charge in [0.1, 0.15) is 5.69 Å². The SMILES string of the molecule is COC(=O)[C@]1(C)CC[C@]2(C)CC[C@]3(C)C4=CC=C5C(=CC(=O)C(OCC(=O)NCc6cn(Cc7ccc(Br)cc7)nn6)=C5C)[C@]4(C)CC[C@@]3(C)[C@@H]2C1. The van der Waals surface area contributed by atoms with Crippen LogP contribution in [-0.2, 0) is 36.9 Å². The molecule has 7 rings (SSSR count). The number of amides is 1. The van der Waals surface area contributed by atoms with Gasteiger partial charge in [-0.05, 0) is 116 Å². The van der Waals surface area contributed by atoms with Crippen LogP contribution in [0.15, 0.2) is 81.2 Å². The smallest absolute Gasteiger partial charge is 0.311 e. The molecule has 276 valence electrons. The van der Waals surface area contributed by atoms with Crippen LogP contribution in [0.2, 0.25) is 0 Å². The van der Waals surface area contributed by atoms with Crippen LogP contribution in [0.5, 0.6) is 0 Å². The van der Waals surface area contributed by atoms with Gasteiger partial charge in [-0.15, -0.1) is 5.10 Å². The highest BCUT2D eigenvalue weighted by atomic mass is 79.9. The molecule has 1 N–H and O–H groups in total. The number of fused-ring (bicyclic) bond motifs is 7. The van der Waals surface area contributed by atoms with Crippen molar-refractivity contribution in [2.75, 3.05) is 13.7 Å². The fourth-order valence-corrected chi connectivity index (χ4v) is 11.0. The zero-order valence-electron chi connectivity index (χ0n) is 31.5. The van der Waals surface area contributed by atoms with E-state index in [1.807, 2.05) is 31.2 Å². The van der Waals surface area contributed by atoms with Gasteiger partial charge in [0.05, 0.1) is 31.8 Å². The van der Waals surface area contributed by atoms with Crippen LogP contribution in [0.25, 0.3) is 0 Å². The number of benzene rings is 1. The lowest BCUT2D eigenvalue weighted by atomic mass is 9.34. The number of aromatic nitrogens is 3. The predicted molar refractivity (Wildman–Crippen MR) is 201 cm³/mol. The normalized spacial score (nSPS) is 33.7. The summed E-state index contributed by atoms with van der Waals surface area (Å²) in [5.41, 5.74) is 5.24. The number of hydrogen-bond acceptors (Lipinski definition) is 7. The Labute approximate surface area is 315 Å². The van der Waals surface area contributed by atoms with Crippen LogP contribution >= 0.6 is 15.9 Å². The number of methoxy groups -OCH3 is 1. The van der Waals surface area contributed by atoms with Crippen LogP contribution in [0.3, 0.4) is 0 Å². The lowest BCUT2D eigenvalue weighted by Gasteiger charge is -2.70. The second-order valence-electron chi connectivity index (χ2n) is 17.2. The average Bonchev–Trinajstić information content (AvgIpc) is 3.57. The van der Waals surface area contributed by atoms with Crippen LogP contribution in [-0.4, -0.2) is 46.4 Å². The molecule has 0 saturated heterocycles. The first kappa shape index (κ1) is 36.6. The maximum absolute atomic E-state index is 13.8. The van der Waals surface area contributed by atoms with Crippen molar-refractivity contribution in [2.24, 2.45) is 33.0 Å². The van der Waals surface area contributed by atoms with Crippen LogP contribution < -0.4 is 5.32 Å². The van der Waals surface area contributed by atoms with Crippen molar-refractivity contribution in [3.63, 3.8) is 0 Å². The number of allylic oxidation sites excluding steroid dienone is 7. The number of rotatable bonds is 8. The summed E-state index contributed by atoms with van der Waals surface area (Å²) in [6.07, 6.45) is 14.9. The zero-order chi connectivity index (χ0) is 37.3. The van der Waals surface area contributed by atoms with Crippen LogP contribution in [0, 0.1) is 33.0 Å². The largest absolute Gasteiger partial charge is 0.479 e. The minimum absolute atomic E-state index is 0.00806. The van der Waals surface area contributed by atoms with Crippen molar-refractivity contribution >= 4 is 33.6 Å². The number of hydrogen-bond donors (Lipinski definition) is 1. The molecule has 2 aromatic rings. The molecular weight excluding hydrogens is 720 g/mol. The van der Waals surface area contributed by atoms with E-state index in [-0.39, 0.29) is 58.2 Å². The highest BCUT2D eigenvalue weighted by molar-refractivity contribution is 9.10. The molecule has 5 aliphatic rings. The Morgan fingerprint density at radius 3 is 2.46 bits per heavy atom. The van der Waals surface area contributed by atoms with Crippen molar-refractivity contribution in [1.29, 1.82) is 0 Å². The third kappa shape index (κ3) is 5.84. The van der Waals surface area contributed by atoms with E-state index in [0.717, 1.165) is 71.7 Å². The predicted octanol–water partition coefficient (Wildman–Crippen LogP) is 7.96. The molecule has 1 aromatic carbocycles. The summed E-state index contributed by atoms with van der Waals surface area (Å²) >= 11 is 3.45. The summed E-state index contributed by atoms with van der Waals surface area (Å²) in [7, 11) is 1.51. The number of carbonyl (C=O) groups excluding carboxylic acids is 3. The first-order valence-corrected chi connectivity index (χ1v) is 19.4. The number of ether oxygens (including phenoxy) is 2. The van der Waals surface area contributed by atoms with Gasteiger partial charge in [-0.1, -0.05) is 78.7 Å². The highest BCUT2D eigenvalue weighted by Gasteiger charge is 2.67. The number of esters is 1. The second-order valence-corrected chi connectivity index (χ2v) is 18.1. The van der Waals surface area contributed by atoms with Crippen molar-refractivity contribution < 1.29 is 23.9 Å². The Bertz CT molecular complexity index is 1960. The Morgan fingerprint density at radius 2 is 1.73 bits per heavy atom. The standard InChI is InChI=1S/C42H51BrN4O5/c1-26-30-12-13-33-40(4,17-19-42(6)34-21-39(3,37(50)51-7)15-14-38(34,2)16-18-41(33,42)5)31(30)20-32(48)36(26)52-25-35(49)44-22-29-24-47(46-45-29)23-27-8-10-28(43)11-9-27/h8-13,20,24,34H,14-19,21-23,25H2,1-7H3,(H,44,49)/t34-,38-,39-,40+,41-,42+/m1/s1. The number of nitrogens with one attached hydrogen (secondary N) is 1. The minimum atomic E-state index is -0.469. The molecule has 10 heteroatoms. The number of halogens is 1. The molecule has 0 aliphatic heterocycles. The quantitative estimate of drug-likeness (QED) is 0.271. The van der Waals surface area contributed by atoms with Crippen molar-refractivity contribution in [3.05, 3.63) is 92.5 Å². The van der Waals surface area contributed by atoms with Crippen LogP contribution in [0.4, 0.5) is 0 Å². The molecule has 5 aliphatic carbocycles. The third-order valence-corrected chi connectivity index (χ3v) is 14.7. The number of nitrogens with zero attached hydrogens (tertiary/aromatic N) is 3. The maximum atomic E-state index is 13.8. The second kappa shape index (κ2) is 13.0. The van der Waals surface area contributed by atoms with Crippen molar-refractivity contribution in [2.45, 2.75) is 99.6 Å². The Hall–Kier alpha value is -3.79. The third-order valence-electron chi connectivity index (χ3n) is 14.2. The lowest BCUT2D eigenvalue weighted by Crippen LogP contribution is -2.62. The first-order chi connectivity index (χ1) is 24.5. The minimum Gasteiger partial charge on any atom is -0.479 e. The molecule has 0 bridgehead atoms. The van der Waals surface area contributed by atoms with Gasteiger partial charge < -0.3 is 14.8 Å².